The minimum Gasteiger partial charge on any atom is -0.358 e. The van der Waals surface area contributed by atoms with Gasteiger partial charge in [-0.1, -0.05) is 11.6 Å². The van der Waals surface area contributed by atoms with Gasteiger partial charge in [0.15, 0.2) is 4.90 Å². The second-order valence-electron chi connectivity index (χ2n) is 2.78. The summed E-state index contributed by atoms with van der Waals surface area (Å²) in [5.41, 5.74) is -1.01. The lowest BCUT2D eigenvalue weighted by atomic mass is 10.3. The molecule has 0 aliphatic heterocycles. The van der Waals surface area contributed by atoms with Gasteiger partial charge in [0, 0.05) is 6.07 Å². The molecule has 0 atom stereocenters. The Balaban J connectivity index is 3.68. The molecule has 1 aromatic rings. The van der Waals surface area contributed by atoms with Gasteiger partial charge in [-0.05, 0) is 9.91 Å². The van der Waals surface area contributed by atoms with E-state index >= 15 is 0 Å². The first-order chi connectivity index (χ1) is 7.64. The largest absolute Gasteiger partial charge is 0.385 e. The summed E-state index contributed by atoms with van der Waals surface area (Å²) < 4.78 is 46.6. The van der Waals surface area contributed by atoms with Crippen LogP contribution in [0, 0.1) is 10.1 Å². The predicted octanol–water partition coefficient (Wildman–Crippen LogP) is 1.23. The Kier molecular flexibility index (Phi) is 3.59. The van der Waals surface area contributed by atoms with Gasteiger partial charge in [-0.25, -0.2) is 22.3 Å². The molecule has 0 saturated heterocycles. The van der Waals surface area contributed by atoms with Crippen LogP contribution in [0.3, 0.4) is 0 Å². The number of sulfonamides is 1. The van der Waals surface area contributed by atoms with Gasteiger partial charge in [0.05, 0.1) is 5.02 Å². The normalized spacial score (nSPS) is 11.8. The van der Waals surface area contributed by atoms with Gasteiger partial charge in [0.25, 0.3) is 0 Å². The standard InChI is InChI=1S/C6H4ClF2N3O4S/c7-2-1-3(5(8)9)11-6(12(13)14)4(2)17(10,15)16/h1,5H,(H2,10,15,16). The van der Waals surface area contributed by atoms with Crippen LogP contribution >= 0.6 is 11.6 Å². The van der Waals surface area contributed by atoms with Crippen molar-refractivity contribution in [2.24, 2.45) is 5.14 Å². The number of halogens is 3. The highest BCUT2D eigenvalue weighted by Crippen LogP contribution is 2.32. The molecule has 0 bridgehead atoms. The lowest BCUT2D eigenvalue weighted by Crippen LogP contribution is -2.16. The number of aromatic nitrogens is 1. The third-order valence-electron chi connectivity index (χ3n) is 1.61. The second-order valence-corrected chi connectivity index (χ2v) is 4.69. The van der Waals surface area contributed by atoms with Crippen molar-refractivity contribution < 1.29 is 22.1 Å². The monoisotopic (exact) mass is 287 g/mol. The van der Waals surface area contributed by atoms with Crippen LogP contribution in [0.2, 0.25) is 5.02 Å². The zero-order chi connectivity index (χ0) is 13.4. The van der Waals surface area contributed by atoms with Crippen LogP contribution in [0.25, 0.3) is 0 Å². The zero-order valence-electron chi connectivity index (χ0n) is 7.80. The molecule has 0 aliphatic carbocycles. The van der Waals surface area contributed by atoms with Crippen molar-refractivity contribution in [1.29, 1.82) is 0 Å². The van der Waals surface area contributed by atoms with Gasteiger partial charge in [-0.3, -0.25) is 0 Å². The number of alkyl halides is 2. The Labute approximate surface area is 98.4 Å². The average Bonchev–Trinajstić information content (AvgIpc) is 2.13. The molecule has 0 unspecified atom stereocenters. The van der Waals surface area contributed by atoms with E-state index in [-0.39, 0.29) is 0 Å². The topological polar surface area (TPSA) is 116 Å². The molecule has 0 amide bonds. The van der Waals surface area contributed by atoms with Crippen molar-refractivity contribution in [2.75, 3.05) is 0 Å². The highest BCUT2D eigenvalue weighted by Gasteiger charge is 2.31. The van der Waals surface area contributed by atoms with E-state index in [0.29, 0.717) is 6.07 Å². The fourth-order valence-electron chi connectivity index (χ4n) is 1.01. The summed E-state index contributed by atoms with van der Waals surface area (Å²) in [5, 5.41) is 14.4. The van der Waals surface area contributed by atoms with Crippen LogP contribution in [0.15, 0.2) is 11.0 Å². The molecule has 0 aliphatic rings. The number of nitro groups is 1. The molecule has 0 spiro atoms. The summed E-state index contributed by atoms with van der Waals surface area (Å²) in [6, 6.07) is 0.513. The van der Waals surface area contributed by atoms with Crippen molar-refractivity contribution in [2.45, 2.75) is 11.3 Å². The smallest absolute Gasteiger partial charge is 0.358 e. The molecule has 11 heteroatoms. The van der Waals surface area contributed by atoms with Gasteiger partial charge in [0.2, 0.25) is 15.7 Å². The van der Waals surface area contributed by atoms with Gasteiger partial charge >= 0.3 is 12.2 Å². The van der Waals surface area contributed by atoms with Crippen molar-refractivity contribution in [3.8, 4) is 0 Å². The maximum atomic E-state index is 12.3. The number of nitrogens with two attached hydrogens (primary N) is 1. The minimum absolute atomic E-state index is 0.513. The van der Waals surface area contributed by atoms with Crippen molar-refractivity contribution >= 4 is 27.4 Å². The molecule has 0 radical (unpaired) electrons. The first-order valence-electron chi connectivity index (χ1n) is 3.80. The molecule has 0 fully saturated rings. The van der Waals surface area contributed by atoms with Gasteiger partial charge < -0.3 is 10.1 Å². The van der Waals surface area contributed by atoms with E-state index in [0.717, 1.165) is 0 Å². The van der Waals surface area contributed by atoms with E-state index in [4.69, 9.17) is 11.6 Å². The molecule has 1 rings (SSSR count). The highest BCUT2D eigenvalue weighted by molar-refractivity contribution is 7.89. The third kappa shape index (κ3) is 2.84. The van der Waals surface area contributed by atoms with Crippen LogP contribution in [0.4, 0.5) is 14.6 Å². The summed E-state index contributed by atoms with van der Waals surface area (Å²) in [5.74, 6) is -1.32. The quantitative estimate of drug-likeness (QED) is 0.663. The first-order valence-corrected chi connectivity index (χ1v) is 5.72. The van der Waals surface area contributed by atoms with Crippen LogP contribution in [0.1, 0.15) is 12.1 Å². The minimum atomic E-state index is -4.53. The van der Waals surface area contributed by atoms with Gasteiger partial charge in [-0.2, -0.15) is 0 Å². The summed E-state index contributed by atoms with van der Waals surface area (Å²) in [6.45, 7) is 0. The molecular formula is C6H4ClF2N3O4S. The summed E-state index contributed by atoms with van der Waals surface area (Å²) in [7, 11) is -4.53. The molecule has 0 aromatic carbocycles. The fourth-order valence-corrected chi connectivity index (χ4v) is 2.23. The predicted molar refractivity (Wildman–Crippen MR) is 52.2 cm³/mol. The van der Waals surface area contributed by atoms with Crippen LogP contribution in [-0.4, -0.2) is 18.3 Å². The molecule has 7 nitrogen and oxygen atoms in total. The van der Waals surface area contributed by atoms with E-state index in [1.54, 1.807) is 0 Å². The molecule has 1 aromatic heterocycles. The first kappa shape index (κ1) is 13.7. The Morgan fingerprint density at radius 2 is 2.06 bits per heavy atom. The number of primary sulfonamides is 1. The lowest BCUT2D eigenvalue weighted by Gasteiger charge is -2.03. The summed E-state index contributed by atoms with van der Waals surface area (Å²) >= 11 is 5.37. The maximum Gasteiger partial charge on any atom is 0.385 e. The number of hydrogen-bond donors (Lipinski definition) is 1. The Morgan fingerprint density at radius 1 is 1.53 bits per heavy atom. The average molecular weight is 288 g/mol. The van der Waals surface area contributed by atoms with Crippen LogP contribution < -0.4 is 5.14 Å². The Morgan fingerprint density at radius 3 is 2.41 bits per heavy atom. The number of pyridine rings is 1. The van der Waals surface area contributed by atoms with E-state index < -0.39 is 42.8 Å². The molecule has 0 saturated carbocycles. The Hall–Kier alpha value is -1.39. The SMILES string of the molecule is NS(=O)(=O)c1c(Cl)cc(C(F)F)nc1[N+](=O)[O-]. The van der Waals surface area contributed by atoms with E-state index in [2.05, 4.69) is 10.1 Å². The van der Waals surface area contributed by atoms with Crippen molar-refractivity contribution in [1.82, 2.24) is 4.98 Å². The van der Waals surface area contributed by atoms with Crippen LogP contribution in [0.5, 0.6) is 0 Å². The van der Waals surface area contributed by atoms with Gasteiger partial charge in [-0.15, -0.1) is 0 Å². The molecule has 1 heterocycles. The van der Waals surface area contributed by atoms with E-state index in [1.807, 2.05) is 0 Å². The van der Waals surface area contributed by atoms with Crippen molar-refractivity contribution in [3.05, 3.63) is 26.9 Å². The molecule has 94 valence electrons. The molecular weight excluding hydrogens is 284 g/mol. The highest BCUT2D eigenvalue weighted by atomic mass is 35.5. The third-order valence-corrected chi connectivity index (χ3v) is 2.99. The fraction of sp³-hybridized carbons (Fsp3) is 0.167. The molecule has 17 heavy (non-hydrogen) atoms. The number of nitrogens with zero attached hydrogens (tertiary/aromatic N) is 2. The van der Waals surface area contributed by atoms with E-state index in [9.17, 15) is 27.3 Å². The molecule has 2 N–H and O–H groups in total. The lowest BCUT2D eigenvalue weighted by molar-refractivity contribution is -0.392. The van der Waals surface area contributed by atoms with Gasteiger partial charge in [0.1, 0.15) is 0 Å². The van der Waals surface area contributed by atoms with Crippen LogP contribution in [-0.2, 0) is 10.0 Å². The summed E-state index contributed by atoms with van der Waals surface area (Å²) in [4.78, 5) is 11.1. The maximum absolute atomic E-state index is 12.3. The number of rotatable bonds is 3. The number of hydrogen-bond acceptors (Lipinski definition) is 5. The second kappa shape index (κ2) is 4.47. The van der Waals surface area contributed by atoms with E-state index in [1.165, 1.54) is 0 Å². The van der Waals surface area contributed by atoms with Crippen molar-refractivity contribution in [3.63, 3.8) is 0 Å². The summed E-state index contributed by atoms with van der Waals surface area (Å²) in [6.07, 6.45) is -3.12. The zero-order valence-corrected chi connectivity index (χ0v) is 9.37. The Bertz CT molecular complexity index is 577.